The van der Waals surface area contributed by atoms with Gasteiger partial charge in [-0.2, -0.15) is 8.42 Å². The summed E-state index contributed by atoms with van der Waals surface area (Å²) in [5.41, 5.74) is 0. The molecule has 0 bridgehead atoms. The first-order chi connectivity index (χ1) is 6.56. The molecule has 14 heavy (non-hydrogen) atoms. The molecular formula is C10H18O3S. The molecular weight excluding hydrogens is 200 g/mol. The molecule has 3 nitrogen and oxygen atoms in total. The maximum absolute atomic E-state index is 11.1. The second-order valence-electron chi connectivity index (χ2n) is 4.65. The van der Waals surface area contributed by atoms with Crippen LogP contribution < -0.4 is 0 Å². The van der Waals surface area contributed by atoms with Crippen molar-refractivity contribution in [1.29, 1.82) is 0 Å². The zero-order valence-electron chi connectivity index (χ0n) is 8.61. The fourth-order valence-electron chi connectivity index (χ4n) is 2.28. The molecule has 4 heteroatoms. The molecule has 0 saturated heterocycles. The summed E-state index contributed by atoms with van der Waals surface area (Å²) in [6.07, 6.45) is 8.23. The molecule has 2 fully saturated rings. The zero-order chi connectivity index (χ0) is 10.2. The van der Waals surface area contributed by atoms with Crippen LogP contribution in [0.1, 0.15) is 38.5 Å². The maximum Gasteiger partial charge on any atom is 0.264 e. The van der Waals surface area contributed by atoms with E-state index in [-0.39, 0.29) is 6.10 Å². The fraction of sp³-hybridized carbons (Fsp3) is 1.00. The predicted octanol–water partition coefficient (Wildman–Crippen LogP) is 1.93. The number of hydrogen-bond acceptors (Lipinski definition) is 3. The van der Waals surface area contributed by atoms with E-state index in [1.54, 1.807) is 0 Å². The van der Waals surface area contributed by atoms with E-state index in [0.29, 0.717) is 11.8 Å². The van der Waals surface area contributed by atoms with Crippen molar-refractivity contribution in [3.63, 3.8) is 0 Å². The van der Waals surface area contributed by atoms with Crippen LogP contribution in [0.15, 0.2) is 0 Å². The lowest BCUT2D eigenvalue weighted by atomic mass is 9.70. The van der Waals surface area contributed by atoms with Gasteiger partial charge in [0.25, 0.3) is 10.1 Å². The van der Waals surface area contributed by atoms with Crippen LogP contribution in [-0.4, -0.2) is 20.8 Å². The first-order valence-electron chi connectivity index (χ1n) is 5.44. The first-order valence-corrected chi connectivity index (χ1v) is 7.26. The SMILES string of the molecule is CS(=O)(=O)OC(C1CCC1)C1CCC1. The van der Waals surface area contributed by atoms with Crippen LogP contribution in [-0.2, 0) is 14.3 Å². The van der Waals surface area contributed by atoms with Gasteiger partial charge in [-0.05, 0) is 37.5 Å². The van der Waals surface area contributed by atoms with E-state index in [0.717, 1.165) is 31.9 Å². The predicted molar refractivity (Wildman–Crippen MR) is 54.4 cm³/mol. The molecule has 0 aromatic rings. The minimum absolute atomic E-state index is 0.00694. The minimum Gasteiger partial charge on any atom is -0.266 e. The van der Waals surface area contributed by atoms with Crippen molar-refractivity contribution in [2.45, 2.75) is 44.6 Å². The Balaban J connectivity index is 1.97. The molecule has 0 atom stereocenters. The molecule has 0 radical (unpaired) electrons. The summed E-state index contributed by atoms with van der Waals surface area (Å²) in [7, 11) is -3.27. The average Bonchev–Trinajstić information content (AvgIpc) is 1.72. The van der Waals surface area contributed by atoms with Crippen LogP contribution in [0, 0.1) is 11.8 Å². The zero-order valence-corrected chi connectivity index (χ0v) is 9.42. The summed E-state index contributed by atoms with van der Waals surface area (Å²) in [5, 5.41) is 0. The highest BCUT2D eigenvalue weighted by Gasteiger charge is 2.38. The topological polar surface area (TPSA) is 43.4 Å². The minimum atomic E-state index is -3.27. The summed E-state index contributed by atoms with van der Waals surface area (Å²) in [4.78, 5) is 0. The van der Waals surface area contributed by atoms with Crippen molar-refractivity contribution in [2.75, 3.05) is 6.26 Å². The van der Waals surface area contributed by atoms with Crippen molar-refractivity contribution in [1.82, 2.24) is 0 Å². The van der Waals surface area contributed by atoms with Crippen LogP contribution >= 0.6 is 0 Å². The molecule has 0 N–H and O–H groups in total. The second kappa shape index (κ2) is 3.81. The van der Waals surface area contributed by atoms with Gasteiger partial charge in [0.05, 0.1) is 12.4 Å². The summed E-state index contributed by atoms with van der Waals surface area (Å²) in [5.74, 6) is 1.02. The summed E-state index contributed by atoms with van der Waals surface area (Å²) >= 11 is 0. The van der Waals surface area contributed by atoms with E-state index >= 15 is 0 Å². The number of hydrogen-bond donors (Lipinski definition) is 0. The summed E-state index contributed by atoms with van der Waals surface area (Å²) < 4.78 is 27.4. The maximum atomic E-state index is 11.1. The van der Waals surface area contributed by atoms with Gasteiger partial charge in [-0.3, -0.25) is 4.18 Å². The molecule has 0 spiro atoms. The van der Waals surface area contributed by atoms with E-state index in [4.69, 9.17) is 4.18 Å². The van der Waals surface area contributed by atoms with Crippen molar-refractivity contribution < 1.29 is 12.6 Å². The molecule has 2 aliphatic carbocycles. The van der Waals surface area contributed by atoms with E-state index in [1.807, 2.05) is 0 Å². The van der Waals surface area contributed by atoms with E-state index in [9.17, 15) is 8.42 Å². The number of rotatable bonds is 4. The molecule has 2 aliphatic rings. The van der Waals surface area contributed by atoms with Gasteiger partial charge in [0.15, 0.2) is 0 Å². The summed E-state index contributed by atoms with van der Waals surface area (Å²) in [6, 6.07) is 0. The van der Waals surface area contributed by atoms with Crippen LogP contribution in [0.5, 0.6) is 0 Å². The van der Waals surface area contributed by atoms with Gasteiger partial charge in [0, 0.05) is 0 Å². The quantitative estimate of drug-likeness (QED) is 0.677. The fourth-order valence-corrected chi connectivity index (χ4v) is 3.00. The van der Waals surface area contributed by atoms with Crippen LogP contribution in [0.3, 0.4) is 0 Å². The van der Waals surface area contributed by atoms with Crippen LogP contribution in [0.25, 0.3) is 0 Å². The molecule has 2 saturated carbocycles. The lowest BCUT2D eigenvalue weighted by Crippen LogP contribution is -2.40. The lowest BCUT2D eigenvalue weighted by Gasteiger charge is -2.41. The first kappa shape index (κ1) is 10.4. The Bertz CT molecular complexity index is 274. The highest BCUT2D eigenvalue weighted by atomic mass is 32.2. The Labute approximate surface area is 86.0 Å². The van der Waals surface area contributed by atoms with Gasteiger partial charge in [0.1, 0.15) is 0 Å². The summed E-state index contributed by atoms with van der Waals surface area (Å²) in [6.45, 7) is 0. The van der Waals surface area contributed by atoms with E-state index in [2.05, 4.69) is 0 Å². The third kappa shape index (κ3) is 2.28. The largest absolute Gasteiger partial charge is 0.266 e. The Morgan fingerprint density at radius 1 is 1.07 bits per heavy atom. The highest BCUT2D eigenvalue weighted by molar-refractivity contribution is 7.86. The van der Waals surface area contributed by atoms with Crippen molar-refractivity contribution in [3.05, 3.63) is 0 Å². The molecule has 2 rings (SSSR count). The molecule has 0 amide bonds. The molecule has 0 unspecified atom stereocenters. The van der Waals surface area contributed by atoms with Gasteiger partial charge >= 0.3 is 0 Å². The van der Waals surface area contributed by atoms with Gasteiger partial charge in [0.2, 0.25) is 0 Å². The Morgan fingerprint density at radius 2 is 1.50 bits per heavy atom. The standard InChI is InChI=1S/C10H18O3S/c1-14(11,12)13-10(8-4-2-5-8)9-6-3-7-9/h8-10H,2-7H2,1H3. The normalized spacial score (nSPS) is 24.7. The molecule has 0 aromatic heterocycles. The van der Waals surface area contributed by atoms with E-state index in [1.165, 1.54) is 12.8 Å². The Morgan fingerprint density at radius 3 is 1.71 bits per heavy atom. The third-order valence-corrected chi connectivity index (χ3v) is 4.09. The van der Waals surface area contributed by atoms with Gasteiger partial charge in [-0.15, -0.1) is 0 Å². The smallest absolute Gasteiger partial charge is 0.264 e. The Kier molecular flexibility index (Phi) is 2.84. The lowest BCUT2D eigenvalue weighted by molar-refractivity contribution is 0.0105. The average molecular weight is 218 g/mol. The van der Waals surface area contributed by atoms with Gasteiger partial charge in [-0.25, -0.2) is 0 Å². The Hall–Kier alpha value is -0.0900. The van der Waals surface area contributed by atoms with Crippen molar-refractivity contribution in [2.24, 2.45) is 11.8 Å². The third-order valence-electron chi connectivity index (χ3n) is 3.51. The van der Waals surface area contributed by atoms with Gasteiger partial charge < -0.3 is 0 Å². The molecule has 0 aromatic carbocycles. The van der Waals surface area contributed by atoms with E-state index < -0.39 is 10.1 Å². The van der Waals surface area contributed by atoms with Crippen molar-refractivity contribution in [3.8, 4) is 0 Å². The van der Waals surface area contributed by atoms with Gasteiger partial charge in [-0.1, -0.05) is 12.8 Å². The van der Waals surface area contributed by atoms with Crippen molar-refractivity contribution >= 4 is 10.1 Å². The molecule has 0 aliphatic heterocycles. The monoisotopic (exact) mass is 218 g/mol. The second-order valence-corrected chi connectivity index (χ2v) is 6.25. The highest BCUT2D eigenvalue weighted by Crippen LogP contribution is 2.42. The molecule has 0 heterocycles. The molecule has 82 valence electrons. The van der Waals surface area contributed by atoms with Crippen LogP contribution in [0.4, 0.5) is 0 Å². The van der Waals surface area contributed by atoms with Crippen LogP contribution in [0.2, 0.25) is 0 Å².